The Balaban J connectivity index is 0.000000243. The molecule has 13 nitrogen and oxygen atoms in total. The van der Waals surface area contributed by atoms with E-state index in [1.807, 2.05) is 0 Å². The largest absolute Gasteiger partial charge is 0.481 e. The van der Waals surface area contributed by atoms with Crippen molar-refractivity contribution < 1.29 is 23.5 Å². The molecule has 204 valence electrons. The van der Waals surface area contributed by atoms with Gasteiger partial charge < -0.3 is 16.2 Å². The topological polar surface area (TPSA) is 196 Å². The van der Waals surface area contributed by atoms with E-state index in [1.165, 1.54) is 12.7 Å². The molecular weight excluding hydrogens is 514 g/mol. The number of rotatable bonds is 9. The minimum absolute atomic E-state index is 0.00638. The number of carboxylic acids is 1. The molecule has 15 heteroatoms. The normalized spacial score (nSPS) is 9.82. The summed E-state index contributed by atoms with van der Waals surface area (Å²) in [5, 5.41) is 40.9. The average molecular weight is 541 g/mol. The first-order valence-electron chi connectivity index (χ1n) is 11.5. The van der Waals surface area contributed by atoms with Crippen molar-refractivity contribution in [3.8, 4) is 22.8 Å². The van der Waals surface area contributed by atoms with E-state index in [9.17, 15) is 18.4 Å². The molecule has 2 aromatic carbocycles. The van der Waals surface area contributed by atoms with E-state index < -0.39 is 19.3 Å². The van der Waals surface area contributed by atoms with Gasteiger partial charge in [-0.15, -0.1) is 40.8 Å². The predicted octanol–water partition coefficient (Wildman–Crippen LogP) is 1.04. The minimum atomic E-state index is -0.855. The Morgan fingerprint density at radius 3 is 1.49 bits per heavy atom. The summed E-state index contributed by atoms with van der Waals surface area (Å²) in [5.74, 6) is -0.211. The van der Waals surface area contributed by atoms with E-state index >= 15 is 0 Å². The summed E-state index contributed by atoms with van der Waals surface area (Å²) in [7, 11) is 0. The van der Waals surface area contributed by atoms with E-state index in [1.54, 1.807) is 48.5 Å². The highest BCUT2D eigenvalue weighted by Crippen LogP contribution is 2.15. The van der Waals surface area contributed by atoms with Gasteiger partial charge in [-0.05, 0) is 11.1 Å². The first-order valence-corrected chi connectivity index (χ1v) is 11.5. The van der Waals surface area contributed by atoms with E-state index in [2.05, 4.69) is 51.8 Å². The van der Waals surface area contributed by atoms with Gasteiger partial charge in [-0.2, -0.15) is 0 Å². The summed E-state index contributed by atoms with van der Waals surface area (Å²) in [5.41, 5.74) is 7.74. The summed E-state index contributed by atoms with van der Waals surface area (Å²) in [6.07, 6.45) is 2.73. The Morgan fingerprint density at radius 1 is 0.718 bits per heavy atom. The molecule has 4 rings (SSSR count). The third-order valence-electron chi connectivity index (χ3n) is 4.49. The molecule has 2 aromatic heterocycles. The summed E-state index contributed by atoms with van der Waals surface area (Å²) in [6.45, 7) is -0.762. The third kappa shape index (κ3) is 11.8. The van der Waals surface area contributed by atoms with Crippen LogP contribution in [0, 0.1) is 0 Å². The molecule has 1 amide bonds. The average Bonchev–Trinajstić information content (AvgIpc) is 2.98. The Bertz CT molecular complexity index is 1250. The van der Waals surface area contributed by atoms with Crippen LogP contribution in [-0.4, -0.2) is 84.2 Å². The number of carboxylic acid groups (broad SMARTS) is 1. The lowest BCUT2D eigenvalue weighted by molar-refractivity contribution is -0.136. The molecule has 0 atom stereocenters. The smallest absolute Gasteiger partial charge is 0.307 e. The van der Waals surface area contributed by atoms with Crippen LogP contribution in [0.3, 0.4) is 0 Å². The third-order valence-corrected chi connectivity index (χ3v) is 4.49. The zero-order valence-electron chi connectivity index (χ0n) is 20.7. The lowest BCUT2D eigenvalue weighted by atomic mass is 10.1. The zero-order valence-corrected chi connectivity index (χ0v) is 20.7. The van der Waals surface area contributed by atoms with Crippen molar-refractivity contribution in [3.63, 3.8) is 0 Å². The van der Waals surface area contributed by atoms with Crippen LogP contribution < -0.4 is 11.1 Å². The Labute approximate surface area is 222 Å². The number of halogens is 2. The number of hydrogen-bond acceptors (Lipinski definition) is 11. The minimum Gasteiger partial charge on any atom is -0.481 e. The van der Waals surface area contributed by atoms with Crippen molar-refractivity contribution in [2.24, 2.45) is 5.73 Å². The highest BCUT2D eigenvalue weighted by molar-refractivity contribution is 5.78. The molecule has 4 aromatic rings. The molecule has 0 bridgehead atoms. The Hall–Kier alpha value is -4.92. The highest BCUT2D eigenvalue weighted by atomic mass is 19.1. The number of aromatic nitrogens is 8. The van der Waals surface area contributed by atoms with E-state index in [-0.39, 0.29) is 31.8 Å². The van der Waals surface area contributed by atoms with Crippen LogP contribution in [0.4, 0.5) is 8.78 Å². The number of hydrogen-bond donors (Lipinski definition) is 3. The molecule has 0 aliphatic heterocycles. The maximum absolute atomic E-state index is 11.9. The van der Waals surface area contributed by atoms with Crippen molar-refractivity contribution in [1.82, 2.24) is 46.1 Å². The number of benzene rings is 2. The van der Waals surface area contributed by atoms with Gasteiger partial charge in [0.2, 0.25) is 17.6 Å². The Kier molecular flexibility index (Phi) is 13.6. The van der Waals surface area contributed by atoms with Crippen LogP contribution in [0.15, 0.2) is 61.2 Å². The molecule has 0 spiro atoms. The number of aliphatic carboxylic acids is 1. The number of amides is 1. The fraction of sp³-hybridized carbons (Fsp3) is 0.250. The first kappa shape index (κ1) is 30.3. The molecule has 0 fully saturated rings. The SMILES string of the molecule is NCCF.O=C(Cc1ccc(-c2nncnn2)cc1)NCCF.O=C(O)Cc1ccc(-c2nncnn2)cc1. The van der Waals surface area contributed by atoms with Gasteiger partial charge >= 0.3 is 5.97 Å². The highest BCUT2D eigenvalue weighted by Gasteiger charge is 2.06. The van der Waals surface area contributed by atoms with Gasteiger partial charge in [-0.25, -0.2) is 8.78 Å². The van der Waals surface area contributed by atoms with Crippen LogP contribution in [0.25, 0.3) is 22.8 Å². The second-order valence-corrected chi connectivity index (χ2v) is 7.40. The molecule has 0 saturated heterocycles. The van der Waals surface area contributed by atoms with Crippen molar-refractivity contribution in [2.45, 2.75) is 12.8 Å². The van der Waals surface area contributed by atoms with Gasteiger partial charge in [0.05, 0.1) is 12.8 Å². The molecule has 4 N–H and O–H groups in total. The fourth-order valence-corrected chi connectivity index (χ4v) is 2.79. The van der Waals surface area contributed by atoms with Gasteiger partial charge in [-0.1, -0.05) is 48.5 Å². The molecule has 0 aliphatic carbocycles. The van der Waals surface area contributed by atoms with Gasteiger partial charge in [0, 0.05) is 24.2 Å². The van der Waals surface area contributed by atoms with Crippen LogP contribution in [0.2, 0.25) is 0 Å². The van der Waals surface area contributed by atoms with E-state index in [0.717, 1.165) is 22.3 Å². The number of nitrogens with two attached hydrogens (primary N) is 1. The molecule has 39 heavy (non-hydrogen) atoms. The second kappa shape index (κ2) is 17.5. The number of carbonyl (C=O) groups excluding carboxylic acids is 1. The van der Waals surface area contributed by atoms with Crippen LogP contribution >= 0.6 is 0 Å². The van der Waals surface area contributed by atoms with Crippen molar-refractivity contribution in [1.29, 1.82) is 0 Å². The quantitative estimate of drug-likeness (QED) is 0.273. The van der Waals surface area contributed by atoms with E-state index in [4.69, 9.17) is 5.11 Å². The summed E-state index contributed by atoms with van der Waals surface area (Å²) in [6, 6.07) is 14.1. The fourth-order valence-electron chi connectivity index (χ4n) is 2.79. The van der Waals surface area contributed by atoms with Crippen molar-refractivity contribution in [3.05, 3.63) is 72.3 Å². The predicted molar refractivity (Wildman–Crippen MR) is 135 cm³/mol. The standard InChI is InChI=1S/C12H12FN5O.C10H8N4O2.C2H6FN/c13-5-6-14-11(19)7-9-1-3-10(4-2-9)12-17-15-8-16-18-12;15-9(16)5-7-1-3-8(4-2-7)10-13-11-6-12-14-10;3-1-2-4/h1-4,8H,5-7H2,(H,14,19);1-4,6H,5H2,(H,15,16);1-2,4H2. The number of nitrogens with zero attached hydrogens (tertiary/aromatic N) is 8. The van der Waals surface area contributed by atoms with Crippen molar-refractivity contribution >= 4 is 11.9 Å². The van der Waals surface area contributed by atoms with Crippen LogP contribution in [0.5, 0.6) is 0 Å². The summed E-state index contributed by atoms with van der Waals surface area (Å²) in [4.78, 5) is 21.9. The molecule has 0 radical (unpaired) electrons. The zero-order chi connectivity index (χ0) is 28.3. The van der Waals surface area contributed by atoms with Gasteiger partial charge in [0.25, 0.3) is 0 Å². The van der Waals surface area contributed by atoms with Gasteiger partial charge in [0.1, 0.15) is 13.3 Å². The molecular formula is C24H26F2N10O3. The summed E-state index contributed by atoms with van der Waals surface area (Å²) < 4.78 is 22.5. The number of nitrogens with one attached hydrogen (secondary N) is 1. The molecule has 0 aliphatic rings. The van der Waals surface area contributed by atoms with Gasteiger partial charge in [-0.3, -0.25) is 9.59 Å². The molecule has 0 unspecified atom stereocenters. The van der Waals surface area contributed by atoms with Gasteiger partial charge in [0.15, 0.2) is 12.7 Å². The Morgan fingerprint density at radius 2 is 1.13 bits per heavy atom. The van der Waals surface area contributed by atoms with Crippen molar-refractivity contribution in [2.75, 3.05) is 26.4 Å². The maximum Gasteiger partial charge on any atom is 0.307 e. The maximum atomic E-state index is 11.9. The second-order valence-electron chi connectivity index (χ2n) is 7.40. The lowest BCUT2D eigenvalue weighted by Gasteiger charge is -2.03. The van der Waals surface area contributed by atoms with Crippen LogP contribution in [0.1, 0.15) is 11.1 Å². The lowest BCUT2D eigenvalue weighted by Crippen LogP contribution is -2.26. The number of alkyl halides is 2. The monoisotopic (exact) mass is 540 g/mol. The number of carbonyl (C=O) groups is 2. The summed E-state index contributed by atoms with van der Waals surface area (Å²) >= 11 is 0. The van der Waals surface area contributed by atoms with Crippen LogP contribution in [-0.2, 0) is 22.4 Å². The van der Waals surface area contributed by atoms with E-state index in [0.29, 0.717) is 11.6 Å². The molecule has 2 heterocycles. The molecule has 0 saturated carbocycles. The first-order chi connectivity index (χ1) is 19.0.